The first kappa shape index (κ1) is 9.52. The van der Waals surface area contributed by atoms with Crippen LogP contribution in [0.3, 0.4) is 0 Å². The molecule has 1 aliphatic rings. The van der Waals surface area contributed by atoms with Crippen LogP contribution in [0.4, 0.5) is 0 Å². The van der Waals surface area contributed by atoms with Crippen molar-refractivity contribution in [1.29, 1.82) is 0 Å². The molecule has 0 aromatic heterocycles. The smallest absolute Gasteiger partial charge is 0.306 e. The van der Waals surface area contributed by atoms with E-state index >= 15 is 0 Å². The lowest BCUT2D eigenvalue weighted by Gasteiger charge is -2.13. The summed E-state index contributed by atoms with van der Waals surface area (Å²) in [6.45, 7) is 3.49. The maximum atomic E-state index is 10.7. The third-order valence-electron chi connectivity index (χ3n) is 2.48. The topological polar surface area (TPSA) is 46.5 Å². The highest BCUT2D eigenvalue weighted by Crippen LogP contribution is 2.23. The Hall–Kier alpha value is -0.570. The van der Waals surface area contributed by atoms with E-state index in [-0.39, 0.29) is 5.92 Å². The average molecular weight is 172 g/mol. The van der Waals surface area contributed by atoms with Crippen LogP contribution in [0.15, 0.2) is 0 Å². The first-order valence-electron chi connectivity index (χ1n) is 4.54. The fourth-order valence-corrected chi connectivity index (χ4v) is 1.61. The van der Waals surface area contributed by atoms with Gasteiger partial charge in [-0.15, -0.1) is 0 Å². The van der Waals surface area contributed by atoms with Crippen LogP contribution in [0.5, 0.6) is 0 Å². The minimum absolute atomic E-state index is 0.170. The Kier molecular flexibility index (Phi) is 3.53. The first-order chi connectivity index (χ1) is 5.74. The highest BCUT2D eigenvalue weighted by Gasteiger charge is 2.23. The van der Waals surface area contributed by atoms with Gasteiger partial charge in [0.15, 0.2) is 0 Å². The molecule has 1 heterocycles. The molecule has 0 saturated carbocycles. The van der Waals surface area contributed by atoms with E-state index in [1.165, 1.54) is 0 Å². The van der Waals surface area contributed by atoms with Gasteiger partial charge in [0.2, 0.25) is 0 Å². The van der Waals surface area contributed by atoms with Crippen LogP contribution in [-0.2, 0) is 9.53 Å². The Labute approximate surface area is 72.7 Å². The highest BCUT2D eigenvalue weighted by molar-refractivity contribution is 5.69. The van der Waals surface area contributed by atoms with Gasteiger partial charge < -0.3 is 9.84 Å². The van der Waals surface area contributed by atoms with Crippen LogP contribution in [0.1, 0.15) is 26.2 Å². The fourth-order valence-electron chi connectivity index (χ4n) is 1.61. The molecule has 70 valence electrons. The van der Waals surface area contributed by atoms with Crippen molar-refractivity contribution in [3.63, 3.8) is 0 Å². The Morgan fingerprint density at radius 3 is 2.92 bits per heavy atom. The Morgan fingerprint density at radius 2 is 2.50 bits per heavy atom. The molecular weight excluding hydrogens is 156 g/mol. The number of aliphatic carboxylic acids is 1. The molecule has 1 fully saturated rings. The molecule has 1 N–H and O–H groups in total. The zero-order valence-electron chi connectivity index (χ0n) is 7.45. The van der Waals surface area contributed by atoms with E-state index < -0.39 is 5.97 Å². The molecule has 2 unspecified atom stereocenters. The van der Waals surface area contributed by atoms with Crippen LogP contribution < -0.4 is 0 Å². The van der Waals surface area contributed by atoms with Gasteiger partial charge in [0, 0.05) is 13.2 Å². The summed E-state index contributed by atoms with van der Waals surface area (Å²) in [4.78, 5) is 10.7. The van der Waals surface area contributed by atoms with Gasteiger partial charge in [-0.2, -0.15) is 0 Å². The Morgan fingerprint density at radius 1 is 1.75 bits per heavy atom. The summed E-state index contributed by atoms with van der Waals surface area (Å²) in [5.74, 6) is -0.354. The third kappa shape index (κ3) is 2.48. The number of ether oxygens (including phenoxy) is 1. The number of hydrogen-bond acceptors (Lipinski definition) is 2. The maximum absolute atomic E-state index is 10.7. The van der Waals surface area contributed by atoms with Gasteiger partial charge in [-0.1, -0.05) is 6.92 Å². The summed E-state index contributed by atoms with van der Waals surface area (Å²) in [6, 6.07) is 0. The van der Waals surface area contributed by atoms with Crippen molar-refractivity contribution < 1.29 is 14.6 Å². The summed E-state index contributed by atoms with van der Waals surface area (Å²) < 4.78 is 5.19. The second-order valence-electron chi connectivity index (χ2n) is 3.41. The van der Waals surface area contributed by atoms with Crippen LogP contribution in [0.2, 0.25) is 0 Å². The lowest BCUT2D eigenvalue weighted by Crippen LogP contribution is -2.17. The van der Waals surface area contributed by atoms with E-state index in [0.717, 1.165) is 32.5 Å². The largest absolute Gasteiger partial charge is 0.481 e. The van der Waals surface area contributed by atoms with Crippen molar-refractivity contribution in [2.45, 2.75) is 26.2 Å². The van der Waals surface area contributed by atoms with Crippen LogP contribution in [0.25, 0.3) is 0 Å². The van der Waals surface area contributed by atoms with E-state index in [9.17, 15) is 4.79 Å². The van der Waals surface area contributed by atoms with Gasteiger partial charge in [0.25, 0.3) is 0 Å². The Bertz CT molecular complexity index is 150. The van der Waals surface area contributed by atoms with Gasteiger partial charge in [0.05, 0.1) is 5.92 Å². The first-order valence-corrected chi connectivity index (χ1v) is 4.54. The summed E-state index contributed by atoms with van der Waals surface area (Å²) in [5.41, 5.74) is 0. The summed E-state index contributed by atoms with van der Waals surface area (Å²) in [6.07, 6.45) is 2.54. The van der Waals surface area contributed by atoms with Crippen LogP contribution >= 0.6 is 0 Å². The average Bonchev–Trinajstić information content (AvgIpc) is 2.51. The van der Waals surface area contributed by atoms with Gasteiger partial charge in [-0.25, -0.2) is 0 Å². The van der Waals surface area contributed by atoms with E-state index in [4.69, 9.17) is 9.84 Å². The molecule has 0 aromatic rings. The van der Waals surface area contributed by atoms with E-state index in [2.05, 4.69) is 0 Å². The fraction of sp³-hybridized carbons (Fsp3) is 0.889. The molecule has 1 rings (SSSR count). The molecule has 0 aliphatic carbocycles. The summed E-state index contributed by atoms with van der Waals surface area (Å²) >= 11 is 0. The third-order valence-corrected chi connectivity index (χ3v) is 2.48. The number of hydrogen-bond donors (Lipinski definition) is 1. The molecule has 12 heavy (non-hydrogen) atoms. The zero-order chi connectivity index (χ0) is 8.97. The summed E-state index contributed by atoms with van der Waals surface area (Å²) in [5, 5.41) is 8.79. The molecule has 0 spiro atoms. The molecular formula is C9H16O3. The van der Waals surface area contributed by atoms with Crippen LogP contribution in [-0.4, -0.2) is 24.3 Å². The maximum Gasteiger partial charge on any atom is 0.306 e. The number of carboxylic acids is 1. The molecule has 0 radical (unpaired) electrons. The number of carboxylic acid groups (broad SMARTS) is 1. The molecule has 1 saturated heterocycles. The van der Waals surface area contributed by atoms with Crippen molar-refractivity contribution >= 4 is 5.97 Å². The standard InChI is InChI=1S/C9H16O3/c1-2-8(9(10)11)5-7-3-4-12-6-7/h7-8H,2-6H2,1H3,(H,10,11). The van der Waals surface area contributed by atoms with Gasteiger partial charge in [-0.05, 0) is 25.2 Å². The number of carbonyl (C=O) groups is 1. The normalized spacial score (nSPS) is 25.6. The molecule has 2 atom stereocenters. The monoisotopic (exact) mass is 172 g/mol. The second-order valence-corrected chi connectivity index (χ2v) is 3.41. The zero-order valence-corrected chi connectivity index (χ0v) is 7.45. The van der Waals surface area contributed by atoms with Crippen molar-refractivity contribution in [3.8, 4) is 0 Å². The molecule has 0 amide bonds. The molecule has 3 nitrogen and oxygen atoms in total. The Balaban J connectivity index is 2.30. The van der Waals surface area contributed by atoms with E-state index in [0.29, 0.717) is 5.92 Å². The molecule has 0 bridgehead atoms. The van der Waals surface area contributed by atoms with E-state index in [1.807, 2.05) is 6.92 Å². The SMILES string of the molecule is CCC(CC1CCOC1)C(=O)O. The van der Waals surface area contributed by atoms with Crippen LogP contribution in [0, 0.1) is 11.8 Å². The highest BCUT2D eigenvalue weighted by atomic mass is 16.5. The molecule has 0 aromatic carbocycles. The van der Waals surface area contributed by atoms with Crippen molar-refractivity contribution in [2.24, 2.45) is 11.8 Å². The predicted molar refractivity (Wildman–Crippen MR) is 45.0 cm³/mol. The molecule has 1 aliphatic heterocycles. The lowest BCUT2D eigenvalue weighted by atomic mass is 9.92. The van der Waals surface area contributed by atoms with Gasteiger partial charge in [-0.3, -0.25) is 4.79 Å². The molecule has 3 heteroatoms. The van der Waals surface area contributed by atoms with Gasteiger partial charge in [0.1, 0.15) is 0 Å². The predicted octanol–water partition coefficient (Wildman–Crippen LogP) is 1.52. The minimum atomic E-state index is -0.663. The number of rotatable bonds is 4. The van der Waals surface area contributed by atoms with Crippen molar-refractivity contribution in [1.82, 2.24) is 0 Å². The minimum Gasteiger partial charge on any atom is -0.481 e. The van der Waals surface area contributed by atoms with E-state index in [1.54, 1.807) is 0 Å². The summed E-state index contributed by atoms with van der Waals surface area (Å²) in [7, 11) is 0. The van der Waals surface area contributed by atoms with Crippen molar-refractivity contribution in [3.05, 3.63) is 0 Å². The van der Waals surface area contributed by atoms with Gasteiger partial charge >= 0.3 is 5.97 Å². The second kappa shape index (κ2) is 4.45. The lowest BCUT2D eigenvalue weighted by molar-refractivity contribution is -0.142. The quantitative estimate of drug-likeness (QED) is 0.699. The van der Waals surface area contributed by atoms with Crippen molar-refractivity contribution in [2.75, 3.05) is 13.2 Å².